The molecule has 3 N–H and O–H groups in total. The van der Waals surface area contributed by atoms with Gasteiger partial charge in [-0.15, -0.1) is 0 Å². The summed E-state index contributed by atoms with van der Waals surface area (Å²) in [6, 6.07) is 0. The van der Waals surface area contributed by atoms with Gasteiger partial charge in [-0.25, -0.2) is 4.99 Å². The number of nitrogens with zero attached hydrogens (tertiary/aromatic N) is 4. The van der Waals surface area contributed by atoms with Crippen molar-refractivity contribution in [3.05, 3.63) is 22.1 Å². The SMILES string of the molecule is COCOC1C[C@H](n2cc(C#CCOCSSC(C)(C)CNC(=O)C(F)(F)F)c3c(=O)[nH]c(/N=C\N(C)C)nc32)O[C@@H]1CO. The Balaban J connectivity index is 1.72. The number of carbonyl (C=O) groups excluding carboxylic acids is 1. The fourth-order valence-corrected chi connectivity index (χ4v) is 6.05. The van der Waals surface area contributed by atoms with Gasteiger partial charge in [-0.05, 0) is 13.8 Å². The van der Waals surface area contributed by atoms with Crippen molar-refractivity contribution < 1.29 is 42.0 Å². The van der Waals surface area contributed by atoms with Crippen LogP contribution in [0.3, 0.4) is 0 Å². The summed E-state index contributed by atoms with van der Waals surface area (Å²) in [4.78, 5) is 37.2. The predicted octanol–water partition coefficient (Wildman–Crippen LogP) is 2.38. The van der Waals surface area contributed by atoms with Gasteiger partial charge in [0.2, 0.25) is 5.95 Å². The van der Waals surface area contributed by atoms with Crippen LogP contribution in [-0.4, -0.2) is 114 Å². The number of hydrogen-bond acceptors (Lipinski definition) is 11. The van der Waals surface area contributed by atoms with Crippen LogP contribution in [0, 0.1) is 11.8 Å². The van der Waals surface area contributed by atoms with Gasteiger partial charge < -0.3 is 38.8 Å². The van der Waals surface area contributed by atoms with Crippen LogP contribution in [0.1, 0.15) is 32.1 Å². The average molecular weight is 665 g/mol. The van der Waals surface area contributed by atoms with Gasteiger partial charge in [0.1, 0.15) is 31.7 Å². The summed E-state index contributed by atoms with van der Waals surface area (Å²) >= 11 is 0. The number of ether oxygens (including phenoxy) is 4. The largest absolute Gasteiger partial charge is 0.471 e. The number of hydrogen-bond donors (Lipinski definition) is 3. The Morgan fingerprint density at radius 2 is 2.16 bits per heavy atom. The maximum Gasteiger partial charge on any atom is 0.471 e. The van der Waals surface area contributed by atoms with Gasteiger partial charge in [0, 0.05) is 45.1 Å². The van der Waals surface area contributed by atoms with E-state index in [0.717, 1.165) is 0 Å². The number of aromatic amines is 1. The Labute approximate surface area is 259 Å². The fraction of sp³-hybridized carbons (Fsp3) is 0.615. The standard InChI is InChI=1S/C26H35F3N6O7S2/c1-25(2,12-30-23(38)26(27,28)29)44-43-15-40-8-6-7-16-10-35(19-9-17(41-14-39-5)18(11-36)42-19)21-20(16)22(37)33-24(32-21)31-13-34(3)4/h10,13,17-19,36H,8-9,11-12,14-15H2,1-5H3,(H,30,38)(H,32,33,37)/b31-13-/t17?,18-,19-/m1/s1. The van der Waals surface area contributed by atoms with E-state index in [1.807, 2.05) is 5.32 Å². The number of nitrogens with one attached hydrogen (secondary N) is 2. The average Bonchev–Trinajstić information content (AvgIpc) is 3.53. The summed E-state index contributed by atoms with van der Waals surface area (Å²) in [6.07, 6.45) is -3.15. The van der Waals surface area contributed by atoms with Crippen molar-refractivity contribution in [1.82, 2.24) is 24.8 Å². The summed E-state index contributed by atoms with van der Waals surface area (Å²) in [5, 5.41) is 11.9. The Morgan fingerprint density at radius 1 is 1.41 bits per heavy atom. The second-order valence-corrected chi connectivity index (χ2v) is 13.3. The first kappa shape index (κ1) is 35.7. The molecule has 44 heavy (non-hydrogen) atoms. The number of fused-ring (bicyclic) bond motifs is 1. The minimum atomic E-state index is -4.93. The number of aromatic nitrogens is 3. The first-order chi connectivity index (χ1) is 20.8. The molecule has 0 aromatic carbocycles. The van der Waals surface area contributed by atoms with Crippen LogP contribution in [0.2, 0.25) is 0 Å². The van der Waals surface area contributed by atoms with Crippen LogP contribution in [-0.2, 0) is 23.7 Å². The number of rotatable bonds is 14. The second-order valence-electron chi connectivity index (χ2n) is 10.3. The molecule has 0 radical (unpaired) electrons. The molecule has 1 unspecified atom stereocenters. The molecule has 3 heterocycles. The predicted molar refractivity (Wildman–Crippen MR) is 161 cm³/mol. The minimum Gasteiger partial charge on any atom is -0.394 e. The summed E-state index contributed by atoms with van der Waals surface area (Å²) < 4.78 is 60.4. The summed E-state index contributed by atoms with van der Waals surface area (Å²) in [5.74, 6) is 4.07. The molecule has 3 atom stereocenters. The molecule has 1 aliphatic rings. The van der Waals surface area contributed by atoms with Crippen LogP contribution in [0.4, 0.5) is 19.1 Å². The first-order valence-electron chi connectivity index (χ1n) is 13.2. The molecule has 0 aliphatic carbocycles. The molecule has 0 saturated carbocycles. The zero-order chi connectivity index (χ0) is 32.5. The lowest BCUT2D eigenvalue weighted by atomic mass is 10.2. The van der Waals surface area contributed by atoms with Gasteiger partial charge >= 0.3 is 12.1 Å². The van der Waals surface area contributed by atoms with Crippen molar-refractivity contribution in [3.63, 3.8) is 0 Å². The molecular weight excluding hydrogens is 629 g/mol. The second kappa shape index (κ2) is 16.0. The van der Waals surface area contributed by atoms with Crippen molar-refractivity contribution >= 4 is 50.8 Å². The van der Waals surface area contributed by atoms with Crippen LogP contribution in [0.25, 0.3) is 11.0 Å². The fourth-order valence-electron chi connectivity index (χ4n) is 3.92. The molecule has 1 aliphatic heterocycles. The Hall–Kier alpha value is -2.79. The number of alkyl halides is 3. The van der Waals surface area contributed by atoms with Gasteiger partial charge in [-0.3, -0.25) is 14.6 Å². The maximum atomic E-state index is 13.1. The van der Waals surface area contributed by atoms with Crippen LogP contribution < -0.4 is 10.9 Å². The van der Waals surface area contributed by atoms with E-state index in [-0.39, 0.29) is 49.5 Å². The molecule has 2 aromatic heterocycles. The van der Waals surface area contributed by atoms with E-state index in [9.17, 15) is 27.9 Å². The Bertz CT molecular complexity index is 1420. The molecular formula is C26H35F3N6O7S2. The number of aliphatic hydroxyl groups excluding tert-OH is 1. The molecule has 13 nitrogen and oxygen atoms in total. The molecule has 1 fully saturated rings. The molecule has 0 bridgehead atoms. The van der Waals surface area contributed by atoms with Crippen LogP contribution in [0.15, 0.2) is 16.0 Å². The number of H-pyrrole nitrogens is 1. The van der Waals surface area contributed by atoms with Crippen molar-refractivity contribution in [2.24, 2.45) is 4.99 Å². The van der Waals surface area contributed by atoms with E-state index in [1.165, 1.54) is 35.0 Å². The maximum absolute atomic E-state index is 13.1. The Morgan fingerprint density at radius 3 is 2.82 bits per heavy atom. The molecule has 1 amide bonds. The summed E-state index contributed by atoms with van der Waals surface area (Å²) in [6.45, 7) is 2.95. The highest BCUT2D eigenvalue weighted by molar-refractivity contribution is 8.77. The third-order valence-corrected chi connectivity index (χ3v) is 8.87. The minimum absolute atomic E-state index is 0.00145. The van der Waals surface area contributed by atoms with E-state index < -0.39 is 40.8 Å². The smallest absolute Gasteiger partial charge is 0.394 e. The van der Waals surface area contributed by atoms with Crippen molar-refractivity contribution in [2.45, 2.75) is 49.6 Å². The highest BCUT2D eigenvalue weighted by Gasteiger charge is 2.39. The van der Waals surface area contributed by atoms with Crippen molar-refractivity contribution in [1.29, 1.82) is 0 Å². The molecule has 18 heteroatoms. The van der Waals surface area contributed by atoms with Crippen molar-refractivity contribution in [2.75, 3.05) is 53.7 Å². The van der Waals surface area contributed by atoms with E-state index in [2.05, 4.69) is 26.8 Å². The van der Waals surface area contributed by atoms with Gasteiger partial charge in [0.15, 0.2) is 5.65 Å². The van der Waals surface area contributed by atoms with Crippen LogP contribution >= 0.6 is 21.6 Å². The molecule has 0 spiro atoms. The topological polar surface area (TPSA) is 153 Å². The molecule has 2 aromatic rings. The molecule has 1 saturated heterocycles. The number of halogens is 3. The normalized spacial score (nSPS) is 19.0. The van der Waals surface area contributed by atoms with E-state index in [1.54, 1.807) is 43.6 Å². The zero-order valence-corrected chi connectivity index (χ0v) is 26.4. The Kier molecular flexibility index (Phi) is 13.0. The van der Waals surface area contributed by atoms with E-state index >= 15 is 0 Å². The number of amides is 1. The zero-order valence-electron chi connectivity index (χ0n) is 24.8. The third-order valence-electron chi connectivity index (χ3n) is 5.90. The van der Waals surface area contributed by atoms with Crippen molar-refractivity contribution in [3.8, 4) is 11.8 Å². The highest BCUT2D eigenvalue weighted by Crippen LogP contribution is 2.36. The lowest BCUT2D eigenvalue weighted by Crippen LogP contribution is -2.42. The third kappa shape index (κ3) is 10.1. The van der Waals surface area contributed by atoms with Gasteiger partial charge in [0.05, 0.1) is 30.0 Å². The lowest BCUT2D eigenvalue weighted by Gasteiger charge is -2.23. The van der Waals surface area contributed by atoms with E-state index in [0.29, 0.717) is 12.0 Å². The lowest BCUT2D eigenvalue weighted by molar-refractivity contribution is -0.173. The quantitative estimate of drug-likeness (QED) is 0.0682. The van der Waals surface area contributed by atoms with Crippen LogP contribution in [0.5, 0.6) is 0 Å². The number of aliphatic hydroxyl groups is 1. The summed E-state index contributed by atoms with van der Waals surface area (Å²) in [7, 11) is 7.56. The van der Waals surface area contributed by atoms with Gasteiger partial charge in [0.25, 0.3) is 5.56 Å². The number of methoxy groups -OCH3 is 1. The van der Waals surface area contributed by atoms with Gasteiger partial charge in [-0.1, -0.05) is 33.4 Å². The number of aliphatic imine (C=N–C) groups is 1. The number of carbonyl (C=O) groups is 1. The molecule has 3 rings (SSSR count). The molecule has 244 valence electrons. The highest BCUT2D eigenvalue weighted by atomic mass is 33.1. The first-order valence-corrected chi connectivity index (χ1v) is 15.5. The monoisotopic (exact) mass is 664 g/mol. The van der Waals surface area contributed by atoms with Gasteiger partial charge in [-0.2, -0.15) is 18.2 Å². The summed E-state index contributed by atoms with van der Waals surface area (Å²) in [5.41, 5.74) is 0.195. The van der Waals surface area contributed by atoms with E-state index in [4.69, 9.17) is 18.9 Å².